The molecule has 1 rings (SSSR count). The molecule has 4 nitrogen and oxygen atoms in total. The van der Waals surface area contributed by atoms with Crippen LogP contribution in [0.15, 0.2) is 0 Å². The van der Waals surface area contributed by atoms with Gasteiger partial charge in [0.2, 0.25) is 0 Å². The molecule has 0 bridgehead atoms. The highest BCUT2D eigenvalue weighted by molar-refractivity contribution is 5.73. The van der Waals surface area contributed by atoms with Gasteiger partial charge < -0.3 is 15.2 Å². The lowest BCUT2D eigenvalue weighted by molar-refractivity contribution is -0.140. The molecule has 3 atom stereocenters. The van der Waals surface area contributed by atoms with Gasteiger partial charge in [0.25, 0.3) is 0 Å². The van der Waals surface area contributed by atoms with Gasteiger partial charge >= 0.3 is 5.97 Å². The molecule has 1 aliphatic carbocycles. The fourth-order valence-corrected chi connectivity index (χ4v) is 2.20. The second kappa shape index (κ2) is 6.08. The van der Waals surface area contributed by atoms with Crippen molar-refractivity contribution in [3.05, 3.63) is 0 Å². The molecule has 15 heavy (non-hydrogen) atoms. The highest BCUT2D eigenvalue weighted by atomic mass is 16.5. The zero-order chi connectivity index (χ0) is 11.3. The fourth-order valence-electron chi connectivity index (χ4n) is 2.20. The van der Waals surface area contributed by atoms with Crippen LogP contribution in [0.5, 0.6) is 0 Å². The van der Waals surface area contributed by atoms with Crippen LogP contribution in [0.3, 0.4) is 0 Å². The molecule has 0 aromatic carbocycles. The Bertz CT molecular complexity index is 208. The maximum absolute atomic E-state index is 10.8. The van der Waals surface area contributed by atoms with E-state index in [2.05, 4.69) is 12.2 Å². The van der Waals surface area contributed by atoms with E-state index in [0.717, 1.165) is 12.5 Å². The SMILES string of the molecule is COCC(NCC1CCC(C)C1)C(=O)O. The van der Waals surface area contributed by atoms with Crippen LogP contribution in [0.1, 0.15) is 26.2 Å². The van der Waals surface area contributed by atoms with Crippen molar-refractivity contribution in [2.45, 2.75) is 32.2 Å². The maximum Gasteiger partial charge on any atom is 0.323 e. The third-order valence-electron chi connectivity index (χ3n) is 3.09. The Balaban J connectivity index is 2.24. The summed E-state index contributed by atoms with van der Waals surface area (Å²) < 4.78 is 4.86. The molecule has 2 N–H and O–H groups in total. The number of rotatable bonds is 6. The molecule has 3 unspecified atom stereocenters. The summed E-state index contributed by atoms with van der Waals surface area (Å²) in [6.07, 6.45) is 3.70. The largest absolute Gasteiger partial charge is 0.480 e. The number of carbonyl (C=O) groups is 1. The van der Waals surface area contributed by atoms with Gasteiger partial charge in [-0.3, -0.25) is 4.79 Å². The monoisotopic (exact) mass is 215 g/mol. The predicted molar refractivity (Wildman–Crippen MR) is 57.8 cm³/mol. The molecule has 0 aliphatic heterocycles. The lowest BCUT2D eigenvalue weighted by Crippen LogP contribution is -2.42. The highest BCUT2D eigenvalue weighted by Gasteiger charge is 2.23. The normalized spacial score (nSPS) is 27.9. The van der Waals surface area contributed by atoms with E-state index in [9.17, 15) is 4.79 Å². The Kier molecular flexibility index (Phi) is 5.05. The highest BCUT2D eigenvalue weighted by Crippen LogP contribution is 2.29. The number of hydrogen-bond acceptors (Lipinski definition) is 3. The third-order valence-corrected chi connectivity index (χ3v) is 3.09. The number of hydrogen-bond donors (Lipinski definition) is 2. The van der Waals surface area contributed by atoms with E-state index in [1.165, 1.54) is 26.4 Å². The van der Waals surface area contributed by atoms with E-state index in [0.29, 0.717) is 5.92 Å². The minimum Gasteiger partial charge on any atom is -0.480 e. The Morgan fingerprint density at radius 2 is 2.33 bits per heavy atom. The Morgan fingerprint density at radius 1 is 1.60 bits per heavy atom. The number of ether oxygens (including phenoxy) is 1. The van der Waals surface area contributed by atoms with Crippen LogP contribution in [-0.4, -0.2) is 37.4 Å². The summed E-state index contributed by atoms with van der Waals surface area (Å²) in [4.78, 5) is 10.8. The van der Waals surface area contributed by atoms with Crippen molar-refractivity contribution in [2.75, 3.05) is 20.3 Å². The van der Waals surface area contributed by atoms with Crippen molar-refractivity contribution < 1.29 is 14.6 Å². The zero-order valence-corrected chi connectivity index (χ0v) is 9.53. The summed E-state index contributed by atoms with van der Waals surface area (Å²) in [5.74, 6) is 0.601. The van der Waals surface area contributed by atoms with Crippen LogP contribution in [-0.2, 0) is 9.53 Å². The zero-order valence-electron chi connectivity index (χ0n) is 9.53. The number of aliphatic carboxylic acids is 1. The van der Waals surface area contributed by atoms with E-state index in [4.69, 9.17) is 9.84 Å². The molecule has 4 heteroatoms. The van der Waals surface area contributed by atoms with Crippen molar-refractivity contribution in [1.29, 1.82) is 0 Å². The molecule has 1 aliphatic rings. The van der Waals surface area contributed by atoms with Crippen LogP contribution in [0.4, 0.5) is 0 Å². The molecule has 0 radical (unpaired) electrons. The lowest BCUT2D eigenvalue weighted by Gasteiger charge is -2.16. The van der Waals surface area contributed by atoms with E-state index in [1.807, 2.05) is 0 Å². The van der Waals surface area contributed by atoms with Crippen LogP contribution in [0.25, 0.3) is 0 Å². The van der Waals surface area contributed by atoms with E-state index in [1.54, 1.807) is 0 Å². The van der Waals surface area contributed by atoms with Gasteiger partial charge in [-0.05, 0) is 31.2 Å². The van der Waals surface area contributed by atoms with Crippen molar-refractivity contribution in [3.63, 3.8) is 0 Å². The molecule has 0 saturated heterocycles. The van der Waals surface area contributed by atoms with E-state index >= 15 is 0 Å². The van der Waals surface area contributed by atoms with Gasteiger partial charge in [-0.25, -0.2) is 0 Å². The fraction of sp³-hybridized carbons (Fsp3) is 0.909. The minimum atomic E-state index is -0.831. The quantitative estimate of drug-likeness (QED) is 0.697. The first-order valence-electron chi connectivity index (χ1n) is 5.58. The number of carboxylic acid groups (broad SMARTS) is 1. The Morgan fingerprint density at radius 3 is 2.80 bits per heavy atom. The topological polar surface area (TPSA) is 58.6 Å². The van der Waals surface area contributed by atoms with Gasteiger partial charge in [-0.2, -0.15) is 0 Å². The van der Waals surface area contributed by atoms with Crippen molar-refractivity contribution in [2.24, 2.45) is 11.8 Å². The van der Waals surface area contributed by atoms with Crippen LogP contribution >= 0.6 is 0 Å². The molecule has 0 amide bonds. The standard InChI is InChI=1S/C11H21NO3/c1-8-3-4-9(5-8)6-12-10(7-15-2)11(13)14/h8-10,12H,3-7H2,1-2H3,(H,13,14). The summed E-state index contributed by atoms with van der Waals surface area (Å²) in [7, 11) is 1.52. The molecular formula is C11H21NO3. The van der Waals surface area contributed by atoms with Gasteiger partial charge in [0, 0.05) is 7.11 Å². The van der Waals surface area contributed by atoms with E-state index < -0.39 is 12.0 Å². The van der Waals surface area contributed by atoms with Crippen LogP contribution < -0.4 is 5.32 Å². The molecule has 1 fully saturated rings. The molecule has 0 spiro atoms. The molecule has 0 aromatic rings. The summed E-state index contributed by atoms with van der Waals surface area (Å²) >= 11 is 0. The van der Waals surface area contributed by atoms with E-state index in [-0.39, 0.29) is 6.61 Å². The first-order chi connectivity index (χ1) is 7.13. The summed E-state index contributed by atoms with van der Waals surface area (Å²) in [6.45, 7) is 3.28. The van der Waals surface area contributed by atoms with Gasteiger partial charge in [0.05, 0.1) is 6.61 Å². The van der Waals surface area contributed by atoms with Crippen molar-refractivity contribution in [1.82, 2.24) is 5.32 Å². The van der Waals surface area contributed by atoms with Crippen LogP contribution in [0, 0.1) is 11.8 Å². The summed E-state index contributed by atoms with van der Waals surface area (Å²) in [5.41, 5.74) is 0. The van der Waals surface area contributed by atoms with Crippen molar-refractivity contribution >= 4 is 5.97 Å². The average molecular weight is 215 g/mol. The summed E-state index contributed by atoms with van der Waals surface area (Å²) in [5, 5.41) is 11.9. The Hall–Kier alpha value is -0.610. The molecular weight excluding hydrogens is 194 g/mol. The first kappa shape index (κ1) is 12.5. The maximum atomic E-state index is 10.8. The van der Waals surface area contributed by atoms with Crippen molar-refractivity contribution in [3.8, 4) is 0 Å². The number of nitrogens with one attached hydrogen (secondary N) is 1. The number of carboxylic acids is 1. The molecule has 1 saturated carbocycles. The van der Waals surface area contributed by atoms with Gasteiger partial charge in [-0.15, -0.1) is 0 Å². The van der Waals surface area contributed by atoms with Crippen LogP contribution in [0.2, 0.25) is 0 Å². The molecule has 0 aromatic heterocycles. The number of methoxy groups -OCH3 is 1. The second-order valence-corrected chi connectivity index (χ2v) is 4.54. The minimum absolute atomic E-state index is 0.234. The van der Waals surface area contributed by atoms with Gasteiger partial charge in [-0.1, -0.05) is 13.3 Å². The predicted octanol–water partition coefficient (Wildman–Crippen LogP) is 1.11. The van der Waals surface area contributed by atoms with Gasteiger partial charge in [0.15, 0.2) is 0 Å². The first-order valence-corrected chi connectivity index (χ1v) is 5.58. The van der Waals surface area contributed by atoms with Gasteiger partial charge in [0.1, 0.15) is 6.04 Å². The Labute approximate surface area is 91.0 Å². The third kappa shape index (κ3) is 4.18. The second-order valence-electron chi connectivity index (χ2n) is 4.54. The average Bonchev–Trinajstić information content (AvgIpc) is 2.58. The molecule has 0 heterocycles. The smallest absolute Gasteiger partial charge is 0.323 e. The summed E-state index contributed by atoms with van der Waals surface area (Å²) in [6, 6.07) is -0.564. The molecule has 88 valence electrons. The lowest BCUT2D eigenvalue weighted by atomic mass is 10.1.